The summed E-state index contributed by atoms with van der Waals surface area (Å²) in [4.78, 5) is 10.8. The highest BCUT2D eigenvalue weighted by atomic mass is 32.2. The van der Waals surface area contributed by atoms with Gasteiger partial charge in [0.25, 0.3) is 0 Å². The number of nitrogens with zero attached hydrogens (tertiary/aromatic N) is 7. The van der Waals surface area contributed by atoms with Crippen LogP contribution in [0.3, 0.4) is 0 Å². The molecule has 1 saturated heterocycles. The van der Waals surface area contributed by atoms with E-state index in [-0.39, 0.29) is 18.0 Å². The third-order valence-corrected chi connectivity index (χ3v) is 7.51. The van der Waals surface area contributed by atoms with Crippen molar-refractivity contribution in [3.05, 3.63) is 60.7 Å². The van der Waals surface area contributed by atoms with Crippen LogP contribution in [-0.4, -0.2) is 70.5 Å². The molecule has 1 aliphatic rings. The van der Waals surface area contributed by atoms with Gasteiger partial charge in [0.1, 0.15) is 17.9 Å². The molecule has 0 radical (unpaired) electrons. The molecule has 12 heteroatoms. The van der Waals surface area contributed by atoms with E-state index in [0.29, 0.717) is 36.7 Å². The first kappa shape index (κ1) is 22.2. The number of hydrogen-bond acceptors (Lipinski definition) is 8. The quantitative estimate of drug-likeness (QED) is 0.411. The van der Waals surface area contributed by atoms with E-state index in [4.69, 9.17) is 4.74 Å². The van der Waals surface area contributed by atoms with Crippen LogP contribution >= 0.6 is 0 Å². The predicted octanol–water partition coefficient (Wildman–Crippen LogP) is 2.26. The fraction of sp³-hybridized carbons (Fsp3) is 0.273. The Morgan fingerprint density at radius 1 is 0.971 bits per heavy atom. The highest BCUT2D eigenvalue weighted by molar-refractivity contribution is 7.89. The molecular weight excluding hydrogens is 461 g/mol. The molecule has 0 N–H and O–H groups in total. The molecule has 0 spiro atoms. The molecule has 176 valence electrons. The summed E-state index contributed by atoms with van der Waals surface area (Å²) in [6.07, 6.45) is 1.45. The molecule has 5 rings (SSSR count). The van der Waals surface area contributed by atoms with Crippen LogP contribution in [0.2, 0.25) is 0 Å². The van der Waals surface area contributed by atoms with Gasteiger partial charge in [-0.15, -0.1) is 5.10 Å². The lowest BCUT2D eigenvalue weighted by Gasteiger charge is -2.34. The Hall–Kier alpha value is -3.64. The van der Waals surface area contributed by atoms with Gasteiger partial charge in [-0.3, -0.25) is 0 Å². The minimum atomic E-state index is -3.70. The Kier molecular flexibility index (Phi) is 5.84. The van der Waals surface area contributed by atoms with Gasteiger partial charge in [-0.1, -0.05) is 5.21 Å². The molecule has 0 amide bonds. The van der Waals surface area contributed by atoms with Gasteiger partial charge in [-0.25, -0.2) is 22.8 Å². The lowest BCUT2D eigenvalue weighted by atomic mass is 10.3. The maximum absolute atomic E-state index is 13.2. The van der Waals surface area contributed by atoms with Crippen LogP contribution in [0, 0.1) is 5.82 Å². The molecule has 0 aliphatic carbocycles. The molecule has 34 heavy (non-hydrogen) atoms. The van der Waals surface area contributed by atoms with E-state index in [9.17, 15) is 12.8 Å². The summed E-state index contributed by atoms with van der Waals surface area (Å²) in [7, 11) is -3.70. The third-order valence-electron chi connectivity index (χ3n) is 5.60. The zero-order valence-electron chi connectivity index (χ0n) is 18.4. The molecule has 4 aromatic rings. The van der Waals surface area contributed by atoms with Gasteiger partial charge in [0.2, 0.25) is 10.0 Å². The molecule has 0 saturated carbocycles. The average Bonchev–Trinajstić information content (AvgIpc) is 3.29. The topological polar surface area (TPSA) is 106 Å². The van der Waals surface area contributed by atoms with Crippen molar-refractivity contribution >= 4 is 27.0 Å². The summed E-state index contributed by atoms with van der Waals surface area (Å²) in [6.45, 7) is 3.87. The van der Waals surface area contributed by atoms with E-state index >= 15 is 0 Å². The Bertz CT molecular complexity index is 1400. The summed E-state index contributed by atoms with van der Waals surface area (Å²) < 4.78 is 47.5. The van der Waals surface area contributed by atoms with Crippen molar-refractivity contribution in [2.24, 2.45) is 0 Å². The van der Waals surface area contributed by atoms with Crippen LogP contribution < -0.4 is 9.64 Å². The summed E-state index contributed by atoms with van der Waals surface area (Å²) in [5.74, 6) is 0.885. The summed E-state index contributed by atoms with van der Waals surface area (Å²) in [6, 6.07) is 12.3. The van der Waals surface area contributed by atoms with Gasteiger partial charge >= 0.3 is 0 Å². The van der Waals surface area contributed by atoms with Gasteiger partial charge in [0, 0.05) is 26.2 Å². The molecule has 2 aromatic carbocycles. The first-order chi connectivity index (χ1) is 16.5. The molecule has 10 nitrogen and oxygen atoms in total. The van der Waals surface area contributed by atoms with Gasteiger partial charge < -0.3 is 9.64 Å². The van der Waals surface area contributed by atoms with Crippen LogP contribution in [0.5, 0.6) is 5.75 Å². The molecular formula is C22H22FN7O3S. The molecule has 0 atom stereocenters. The van der Waals surface area contributed by atoms with Crippen LogP contribution in [-0.2, 0) is 10.0 Å². The lowest BCUT2D eigenvalue weighted by Crippen LogP contribution is -2.49. The summed E-state index contributed by atoms with van der Waals surface area (Å²) >= 11 is 0. The zero-order valence-corrected chi connectivity index (χ0v) is 19.2. The normalized spacial score (nSPS) is 15.1. The van der Waals surface area contributed by atoms with Crippen LogP contribution in [0.15, 0.2) is 59.8 Å². The van der Waals surface area contributed by atoms with Crippen molar-refractivity contribution in [1.29, 1.82) is 0 Å². The van der Waals surface area contributed by atoms with Crippen molar-refractivity contribution in [3.8, 4) is 11.4 Å². The van der Waals surface area contributed by atoms with E-state index < -0.39 is 15.8 Å². The van der Waals surface area contributed by atoms with Gasteiger partial charge in [-0.05, 0) is 55.5 Å². The highest BCUT2D eigenvalue weighted by Crippen LogP contribution is 2.26. The molecule has 0 unspecified atom stereocenters. The van der Waals surface area contributed by atoms with E-state index in [0.717, 1.165) is 23.6 Å². The number of rotatable bonds is 6. The van der Waals surface area contributed by atoms with E-state index in [1.54, 1.807) is 4.68 Å². The monoisotopic (exact) mass is 483 g/mol. The number of anilines is 1. The molecule has 2 aromatic heterocycles. The SMILES string of the molecule is CCOc1ccc(-n2nnc3c(N4CCN(S(=O)(=O)c5ccc(F)cc5)CC4)ncnc32)cc1. The van der Waals surface area contributed by atoms with E-state index in [1.807, 2.05) is 36.1 Å². The molecule has 1 fully saturated rings. The number of benzene rings is 2. The van der Waals surface area contributed by atoms with Crippen molar-refractivity contribution in [1.82, 2.24) is 29.3 Å². The maximum Gasteiger partial charge on any atom is 0.243 e. The Morgan fingerprint density at radius 2 is 1.68 bits per heavy atom. The Morgan fingerprint density at radius 3 is 2.35 bits per heavy atom. The van der Waals surface area contributed by atoms with Crippen molar-refractivity contribution in [2.75, 3.05) is 37.7 Å². The second-order valence-corrected chi connectivity index (χ2v) is 9.58. The van der Waals surface area contributed by atoms with Crippen molar-refractivity contribution < 1.29 is 17.5 Å². The van der Waals surface area contributed by atoms with Gasteiger partial charge in [0.05, 0.1) is 17.2 Å². The zero-order chi connectivity index (χ0) is 23.7. The van der Waals surface area contributed by atoms with Gasteiger partial charge in [-0.2, -0.15) is 8.99 Å². The fourth-order valence-corrected chi connectivity index (χ4v) is 5.31. The first-order valence-electron chi connectivity index (χ1n) is 10.8. The largest absolute Gasteiger partial charge is 0.494 e. The number of aromatic nitrogens is 5. The second-order valence-electron chi connectivity index (χ2n) is 7.64. The minimum absolute atomic E-state index is 0.0741. The lowest BCUT2D eigenvalue weighted by molar-refractivity contribution is 0.340. The maximum atomic E-state index is 13.2. The van der Waals surface area contributed by atoms with Crippen LogP contribution in [0.4, 0.5) is 10.2 Å². The van der Waals surface area contributed by atoms with Gasteiger partial charge in [0.15, 0.2) is 17.0 Å². The number of hydrogen-bond donors (Lipinski definition) is 0. The average molecular weight is 484 g/mol. The van der Waals surface area contributed by atoms with Crippen LogP contribution in [0.25, 0.3) is 16.9 Å². The number of halogens is 1. The number of sulfonamides is 1. The van der Waals surface area contributed by atoms with Crippen molar-refractivity contribution in [3.63, 3.8) is 0 Å². The van der Waals surface area contributed by atoms with E-state index in [2.05, 4.69) is 20.3 Å². The Labute approximate surface area is 195 Å². The smallest absolute Gasteiger partial charge is 0.243 e. The summed E-state index contributed by atoms with van der Waals surface area (Å²) in [5.41, 5.74) is 1.87. The number of fused-ring (bicyclic) bond motifs is 1. The minimum Gasteiger partial charge on any atom is -0.494 e. The first-order valence-corrected chi connectivity index (χ1v) is 12.2. The second kappa shape index (κ2) is 8.95. The molecule has 1 aliphatic heterocycles. The molecule has 0 bridgehead atoms. The number of ether oxygens (including phenoxy) is 1. The highest BCUT2D eigenvalue weighted by Gasteiger charge is 2.30. The number of piperazine rings is 1. The third kappa shape index (κ3) is 4.05. The standard InChI is InChI=1S/C22H22FN7O3S/c1-2-33-18-7-5-17(6-8-18)30-22-20(26-27-30)21(24-15-25-22)28-11-13-29(14-12-28)34(31,32)19-9-3-16(23)4-10-19/h3-10,15H,2,11-14H2,1H3. The fourth-order valence-electron chi connectivity index (χ4n) is 3.89. The Balaban J connectivity index is 1.36. The predicted molar refractivity (Wildman–Crippen MR) is 123 cm³/mol. The van der Waals surface area contributed by atoms with E-state index in [1.165, 1.54) is 22.8 Å². The van der Waals surface area contributed by atoms with Crippen LogP contribution in [0.1, 0.15) is 6.92 Å². The van der Waals surface area contributed by atoms with Crippen molar-refractivity contribution in [2.45, 2.75) is 11.8 Å². The summed E-state index contributed by atoms with van der Waals surface area (Å²) in [5, 5.41) is 8.56. The molecule has 3 heterocycles.